The fourth-order valence-electron chi connectivity index (χ4n) is 0.453. The minimum absolute atomic E-state index is 0. The van der Waals surface area contributed by atoms with E-state index in [2.05, 4.69) is 9.24 Å². The van der Waals surface area contributed by atoms with Crippen molar-refractivity contribution >= 4 is 14.5 Å². The van der Waals surface area contributed by atoms with Crippen LogP contribution in [0.1, 0.15) is 0 Å². The first-order valence-corrected chi connectivity index (χ1v) is 2.78. The lowest BCUT2D eigenvalue weighted by Crippen LogP contribution is -1.82. The summed E-state index contributed by atoms with van der Waals surface area (Å²) < 4.78 is 0. The Labute approximate surface area is 51.9 Å². The van der Waals surface area contributed by atoms with E-state index in [1.807, 2.05) is 30.3 Å². The Hall–Kier alpha value is -0.640. The van der Waals surface area contributed by atoms with Gasteiger partial charge < -0.3 is 0 Å². The molecule has 38 valence electrons. The number of rotatable bonds is 0. The summed E-state index contributed by atoms with van der Waals surface area (Å²) in [5.74, 6) is 0. The fourth-order valence-corrected chi connectivity index (χ4v) is 0.675. The molecule has 8 heavy (non-hydrogen) atoms. The summed E-state index contributed by atoms with van der Waals surface area (Å²) in [7, 11) is 2.63. The third-order valence-corrected chi connectivity index (χ3v) is 1.18. The maximum absolute atomic E-state index is 2.63. The van der Waals surface area contributed by atoms with Crippen LogP contribution in [0.2, 0.25) is 0 Å². The minimum Gasteiger partial charge on any atom is -0.106 e. The summed E-state index contributed by atoms with van der Waals surface area (Å²) >= 11 is 0. The Balaban J connectivity index is 0.000000490. The molecule has 0 spiro atoms. The largest absolute Gasteiger partial charge is 3.00 e. The number of hydrogen-bond acceptors (Lipinski definition) is 0. The molecule has 0 saturated heterocycles. The second-order valence-corrected chi connectivity index (χ2v) is 2.08. The number of benzene rings is 1. The minimum atomic E-state index is 0. The monoisotopic (exact) mass is 124 g/mol. The zero-order valence-corrected chi connectivity index (χ0v) is 5.57. The Bertz CT molecular complexity index is 138. The van der Waals surface area contributed by atoms with E-state index in [4.69, 9.17) is 0 Å². The van der Waals surface area contributed by atoms with Crippen LogP contribution < -0.4 is 11.5 Å². The van der Waals surface area contributed by atoms with Crippen molar-refractivity contribution in [3.8, 4) is 0 Å². The molecule has 0 bridgehead atoms. The molecule has 0 fully saturated rings. The van der Waals surface area contributed by atoms with Crippen molar-refractivity contribution in [2.75, 3.05) is 0 Å². The summed E-state index contributed by atoms with van der Waals surface area (Å²) in [4.78, 5) is 0. The second kappa shape index (κ2) is 3.37. The Kier molecular flexibility index (Phi) is 3.10. The highest BCUT2D eigenvalue weighted by Gasteiger charge is 3.00. The van der Waals surface area contributed by atoms with E-state index in [-0.39, 0.29) is 6.15 Å². The van der Waals surface area contributed by atoms with Gasteiger partial charge >= 0.3 is 6.15 Å². The first kappa shape index (κ1) is 7.36. The van der Waals surface area contributed by atoms with Gasteiger partial charge in [-0.25, -0.2) is 0 Å². The van der Waals surface area contributed by atoms with Crippen LogP contribution in [0.4, 0.5) is 0 Å². The Morgan fingerprint density at radius 2 is 1.50 bits per heavy atom. The highest BCUT2D eigenvalue weighted by atomic mass is 31.0. The molecule has 0 aliphatic carbocycles. The van der Waals surface area contributed by atoms with Crippen LogP contribution in [-0.2, 0) is 0 Å². The maximum atomic E-state index is 2.63. The van der Waals surface area contributed by atoms with Gasteiger partial charge in [-0.3, -0.25) is 0 Å². The molecule has 2 heteroatoms. The van der Waals surface area contributed by atoms with Crippen molar-refractivity contribution in [2.24, 2.45) is 0 Å². The van der Waals surface area contributed by atoms with E-state index in [0.29, 0.717) is 0 Å². The molecule has 1 rings (SSSR count). The van der Waals surface area contributed by atoms with E-state index >= 15 is 0 Å². The lowest BCUT2D eigenvalue weighted by molar-refractivity contribution is 1.78. The van der Waals surface area contributed by atoms with Crippen LogP contribution in [0.5, 0.6) is 0 Å². The quantitative estimate of drug-likeness (QED) is 0.456. The highest BCUT2D eigenvalue weighted by Crippen LogP contribution is 1.86. The lowest BCUT2D eigenvalue weighted by atomic mass is 10.4. The molecular formula is C6H7NP+3. The van der Waals surface area contributed by atoms with Crippen molar-refractivity contribution in [3.05, 3.63) is 30.3 Å². The molecular weight excluding hydrogens is 117 g/mol. The van der Waals surface area contributed by atoms with Crippen molar-refractivity contribution in [3.63, 3.8) is 0 Å². The van der Waals surface area contributed by atoms with Gasteiger partial charge in [-0.1, -0.05) is 30.3 Å². The van der Waals surface area contributed by atoms with Crippen molar-refractivity contribution in [1.82, 2.24) is 6.15 Å². The molecule has 2 radical (unpaired) electrons. The van der Waals surface area contributed by atoms with Gasteiger partial charge in [0.25, 0.3) is 0 Å². The van der Waals surface area contributed by atoms with E-state index < -0.39 is 0 Å². The summed E-state index contributed by atoms with van der Waals surface area (Å²) in [5.41, 5.74) is 0. The van der Waals surface area contributed by atoms with Crippen LogP contribution in [0.3, 0.4) is 0 Å². The predicted molar refractivity (Wildman–Crippen MR) is 37.9 cm³/mol. The van der Waals surface area contributed by atoms with Crippen LogP contribution in [0.15, 0.2) is 30.3 Å². The van der Waals surface area contributed by atoms with Crippen molar-refractivity contribution in [2.45, 2.75) is 0 Å². The highest BCUT2D eigenvalue weighted by molar-refractivity contribution is 7.27. The molecule has 0 saturated carbocycles. The van der Waals surface area contributed by atoms with Gasteiger partial charge in [-0.2, -0.15) is 0 Å². The first-order valence-electron chi connectivity index (χ1n) is 2.20. The summed E-state index contributed by atoms with van der Waals surface area (Å²) in [6.45, 7) is 0. The number of hydrogen-bond donors (Lipinski definition) is 0. The predicted octanol–water partition coefficient (Wildman–Crippen LogP) is 0.706. The van der Waals surface area contributed by atoms with E-state index in [9.17, 15) is 0 Å². The van der Waals surface area contributed by atoms with Gasteiger partial charge in [0.1, 0.15) is 0 Å². The lowest BCUT2D eigenvalue weighted by Gasteiger charge is -1.82. The molecule has 0 aromatic heterocycles. The molecule has 0 heterocycles. The van der Waals surface area contributed by atoms with Crippen LogP contribution in [0, 0.1) is 0 Å². The van der Waals surface area contributed by atoms with E-state index in [1.54, 1.807) is 0 Å². The van der Waals surface area contributed by atoms with E-state index in [1.165, 1.54) is 5.30 Å². The van der Waals surface area contributed by atoms with Crippen molar-refractivity contribution in [1.29, 1.82) is 0 Å². The van der Waals surface area contributed by atoms with Crippen molar-refractivity contribution < 1.29 is 0 Å². The molecule has 0 aliphatic rings. The van der Waals surface area contributed by atoms with Gasteiger partial charge in [-0.15, -0.1) is 9.24 Å². The zero-order chi connectivity index (χ0) is 5.11. The van der Waals surface area contributed by atoms with E-state index in [0.717, 1.165) is 0 Å². The Morgan fingerprint density at radius 3 is 1.75 bits per heavy atom. The van der Waals surface area contributed by atoms with Gasteiger partial charge in [0, 0.05) is 0 Å². The van der Waals surface area contributed by atoms with Gasteiger partial charge in [0.15, 0.2) is 0 Å². The maximum Gasteiger partial charge on any atom is 3.00 e. The second-order valence-electron chi connectivity index (χ2n) is 1.41. The third kappa shape index (κ3) is 1.88. The molecule has 1 atom stereocenters. The fraction of sp³-hybridized carbons (Fsp3) is 0. The summed E-state index contributed by atoms with van der Waals surface area (Å²) in [6, 6.07) is 10.1. The smallest absolute Gasteiger partial charge is 0.106 e. The van der Waals surface area contributed by atoms with Crippen LogP contribution in [-0.4, -0.2) is 0 Å². The topological polar surface area (TPSA) is 30.5 Å². The molecule has 1 nitrogen and oxygen atoms in total. The SMILES string of the molecule is Pc1ccccc1.[N+3]. The van der Waals surface area contributed by atoms with Crippen LogP contribution in [0.25, 0.3) is 0 Å². The molecule has 0 aliphatic heterocycles. The molecule has 1 aromatic carbocycles. The normalized spacial score (nSPS) is 7.62. The molecule has 0 amide bonds. The molecule has 1 aromatic rings. The molecule has 0 N–H and O–H groups in total. The average Bonchev–Trinajstić information content (AvgIpc) is 1.69. The number of nitrogens with zero attached hydrogens (tertiary/aromatic N) is 1. The van der Waals surface area contributed by atoms with Gasteiger partial charge in [0.2, 0.25) is 0 Å². The summed E-state index contributed by atoms with van der Waals surface area (Å²) in [6.07, 6.45) is 0. The third-order valence-electron chi connectivity index (χ3n) is 0.800. The van der Waals surface area contributed by atoms with Gasteiger partial charge in [-0.05, 0) is 5.30 Å². The van der Waals surface area contributed by atoms with Crippen LogP contribution >= 0.6 is 9.24 Å². The van der Waals surface area contributed by atoms with Gasteiger partial charge in [0.05, 0.1) is 0 Å². The Morgan fingerprint density at radius 1 is 1.00 bits per heavy atom. The zero-order valence-electron chi connectivity index (χ0n) is 4.41. The molecule has 1 unspecified atom stereocenters. The first-order chi connectivity index (χ1) is 3.39. The standard InChI is InChI=1S/C6H7P.N/c7-6-4-2-1-3-5-6;/h1-5H,7H2;/q;+3. The summed E-state index contributed by atoms with van der Waals surface area (Å²) in [5, 5.41) is 1.24. The average molecular weight is 124 g/mol.